The lowest BCUT2D eigenvalue weighted by molar-refractivity contribution is 0.102. The highest BCUT2D eigenvalue weighted by atomic mass is 35.5. The van der Waals surface area contributed by atoms with Crippen LogP contribution in [0, 0.1) is 0 Å². The van der Waals surface area contributed by atoms with Gasteiger partial charge in [0.2, 0.25) is 0 Å². The highest BCUT2D eigenvalue weighted by Gasteiger charge is 2.30. The van der Waals surface area contributed by atoms with E-state index in [1.54, 1.807) is 36.0 Å². The summed E-state index contributed by atoms with van der Waals surface area (Å²) in [6.45, 7) is 0. The zero-order valence-electron chi connectivity index (χ0n) is 11.8. The van der Waals surface area contributed by atoms with Crippen LogP contribution in [-0.2, 0) is 29.1 Å². The van der Waals surface area contributed by atoms with Crippen molar-refractivity contribution < 1.29 is 13.2 Å². The zero-order chi connectivity index (χ0) is 15.9. The molecular weight excluding hydrogens is 326 g/mol. The molecule has 116 valence electrons. The number of aromatic nitrogens is 2. The lowest BCUT2D eigenvalue weighted by Crippen LogP contribution is -2.22. The highest BCUT2D eigenvalue weighted by molar-refractivity contribution is 7.90. The number of carbonyl (C=O) groups excluding carboxylic acids is 1. The minimum Gasteiger partial charge on any atom is -0.321 e. The quantitative estimate of drug-likeness (QED) is 0.904. The van der Waals surface area contributed by atoms with Crippen LogP contribution in [-0.4, -0.2) is 29.9 Å². The van der Waals surface area contributed by atoms with Crippen LogP contribution in [0.5, 0.6) is 0 Å². The minimum absolute atomic E-state index is 0.0950. The van der Waals surface area contributed by atoms with Gasteiger partial charge in [0.15, 0.2) is 15.5 Å². The zero-order valence-corrected chi connectivity index (χ0v) is 13.4. The fourth-order valence-electron chi connectivity index (χ4n) is 2.52. The molecule has 3 rings (SSSR count). The molecule has 0 unspecified atom stereocenters. The minimum atomic E-state index is -3.17. The summed E-state index contributed by atoms with van der Waals surface area (Å²) in [6.07, 6.45) is 0.384. The van der Waals surface area contributed by atoms with Gasteiger partial charge in [-0.1, -0.05) is 11.6 Å². The van der Waals surface area contributed by atoms with Crippen LogP contribution in [0.15, 0.2) is 24.3 Å². The van der Waals surface area contributed by atoms with Crippen LogP contribution >= 0.6 is 11.6 Å². The van der Waals surface area contributed by atoms with Crippen molar-refractivity contribution in [2.75, 3.05) is 11.1 Å². The highest BCUT2D eigenvalue weighted by Crippen LogP contribution is 2.24. The Kier molecular flexibility index (Phi) is 3.70. The van der Waals surface area contributed by atoms with E-state index in [0.29, 0.717) is 22.7 Å². The molecule has 22 heavy (non-hydrogen) atoms. The summed E-state index contributed by atoms with van der Waals surface area (Å²) >= 11 is 5.80. The molecule has 2 heterocycles. The van der Waals surface area contributed by atoms with Gasteiger partial charge in [-0.05, 0) is 24.3 Å². The molecule has 1 aliphatic heterocycles. The molecule has 0 radical (unpaired) electrons. The number of benzene rings is 1. The van der Waals surface area contributed by atoms with Gasteiger partial charge in [0.25, 0.3) is 5.91 Å². The average molecular weight is 340 g/mol. The largest absolute Gasteiger partial charge is 0.321 e. The van der Waals surface area contributed by atoms with E-state index < -0.39 is 15.7 Å². The van der Waals surface area contributed by atoms with Crippen molar-refractivity contribution in [1.29, 1.82) is 0 Å². The molecule has 1 N–H and O–H groups in total. The van der Waals surface area contributed by atoms with Crippen LogP contribution in [0.25, 0.3) is 0 Å². The summed E-state index contributed by atoms with van der Waals surface area (Å²) in [4.78, 5) is 12.4. The number of anilines is 1. The summed E-state index contributed by atoms with van der Waals surface area (Å²) in [7, 11) is -1.45. The second-order valence-corrected chi connectivity index (χ2v) is 7.82. The Hall–Kier alpha value is -1.86. The Morgan fingerprint density at radius 2 is 2.00 bits per heavy atom. The van der Waals surface area contributed by atoms with Crippen LogP contribution in [0.1, 0.15) is 21.7 Å². The van der Waals surface area contributed by atoms with Crippen molar-refractivity contribution in [1.82, 2.24) is 9.78 Å². The molecule has 1 aromatic heterocycles. The number of halogens is 1. The standard InChI is InChI=1S/C14H14ClN3O3S/c1-18-12-6-7-22(20,21)8-11(12)13(17-18)14(19)16-10-4-2-9(15)3-5-10/h2-5H,6-8H2,1H3,(H,16,19). The third kappa shape index (κ3) is 2.86. The van der Waals surface area contributed by atoms with Crippen LogP contribution < -0.4 is 5.32 Å². The lowest BCUT2D eigenvalue weighted by atomic mass is 10.1. The fraction of sp³-hybridized carbons (Fsp3) is 0.286. The van der Waals surface area contributed by atoms with Crippen molar-refractivity contribution in [2.24, 2.45) is 7.05 Å². The van der Waals surface area contributed by atoms with Gasteiger partial charge < -0.3 is 5.32 Å². The molecule has 2 aromatic rings. The molecule has 0 atom stereocenters. The van der Waals surface area contributed by atoms with E-state index in [1.807, 2.05) is 0 Å². The summed E-state index contributed by atoms with van der Waals surface area (Å²) in [5, 5.41) is 7.46. The predicted molar refractivity (Wildman–Crippen MR) is 83.8 cm³/mol. The van der Waals surface area contributed by atoms with Crippen molar-refractivity contribution in [3.8, 4) is 0 Å². The maximum atomic E-state index is 12.4. The number of hydrogen-bond acceptors (Lipinski definition) is 4. The Labute approximate surface area is 133 Å². The van der Waals surface area contributed by atoms with Crippen molar-refractivity contribution in [3.05, 3.63) is 46.2 Å². The second-order valence-electron chi connectivity index (χ2n) is 5.20. The van der Waals surface area contributed by atoms with E-state index in [1.165, 1.54) is 0 Å². The first-order valence-corrected chi connectivity index (χ1v) is 8.88. The fourth-order valence-corrected chi connectivity index (χ4v) is 4.04. The molecule has 0 aliphatic carbocycles. The molecule has 0 bridgehead atoms. The monoisotopic (exact) mass is 339 g/mol. The van der Waals surface area contributed by atoms with Crippen molar-refractivity contribution in [2.45, 2.75) is 12.2 Å². The third-order valence-corrected chi connectivity index (χ3v) is 5.41. The molecule has 6 nitrogen and oxygen atoms in total. The molecule has 1 aliphatic rings. The van der Waals surface area contributed by atoms with Gasteiger partial charge in [-0.3, -0.25) is 9.48 Å². The predicted octanol–water partition coefficient (Wildman–Crippen LogP) is 1.80. The number of hydrogen-bond donors (Lipinski definition) is 1. The van der Waals surface area contributed by atoms with Crippen molar-refractivity contribution >= 4 is 33.0 Å². The van der Waals surface area contributed by atoms with E-state index in [9.17, 15) is 13.2 Å². The van der Waals surface area contributed by atoms with Gasteiger partial charge in [0, 0.05) is 35.4 Å². The van der Waals surface area contributed by atoms with E-state index in [4.69, 9.17) is 11.6 Å². The molecule has 0 saturated carbocycles. The summed E-state index contributed by atoms with van der Waals surface area (Å²) in [5.41, 5.74) is 2.04. The van der Waals surface area contributed by atoms with Crippen LogP contribution in [0.4, 0.5) is 5.69 Å². The van der Waals surface area contributed by atoms with Crippen molar-refractivity contribution in [3.63, 3.8) is 0 Å². The van der Waals surface area contributed by atoms with E-state index in [2.05, 4.69) is 10.4 Å². The van der Waals surface area contributed by atoms with Crippen LogP contribution in [0.2, 0.25) is 5.02 Å². The lowest BCUT2D eigenvalue weighted by Gasteiger charge is -2.13. The summed E-state index contributed by atoms with van der Waals surface area (Å²) < 4.78 is 25.2. The maximum Gasteiger partial charge on any atom is 0.276 e. The van der Waals surface area contributed by atoms with Gasteiger partial charge >= 0.3 is 0 Å². The molecule has 1 aromatic carbocycles. The van der Waals surface area contributed by atoms with E-state index in [-0.39, 0.29) is 17.2 Å². The molecule has 0 fully saturated rings. The Morgan fingerprint density at radius 3 is 2.68 bits per heavy atom. The van der Waals surface area contributed by atoms with Gasteiger partial charge in [-0.25, -0.2) is 8.42 Å². The number of carbonyl (C=O) groups is 1. The normalized spacial score (nSPS) is 16.1. The first-order chi connectivity index (χ1) is 10.4. The summed E-state index contributed by atoms with van der Waals surface area (Å²) in [5.74, 6) is -0.464. The van der Waals surface area contributed by atoms with E-state index in [0.717, 1.165) is 5.69 Å². The Bertz CT molecular complexity index is 841. The van der Waals surface area contributed by atoms with Gasteiger partial charge in [0.05, 0.1) is 11.5 Å². The summed E-state index contributed by atoms with van der Waals surface area (Å²) in [6, 6.07) is 6.67. The SMILES string of the molecule is Cn1nc(C(=O)Nc2ccc(Cl)cc2)c2c1CCS(=O)(=O)C2. The first-order valence-electron chi connectivity index (χ1n) is 6.68. The topological polar surface area (TPSA) is 81.1 Å². The number of amides is 1. The second kappa shape index (κ2) is 5.40. The molecule has 0 saturated heterocycles. The number of fused-ring (bicyclic) bond motifs is 1. The number of nitrogens with zero attached hydrogens (tertiary/aromatic N) is 2. The average Bonchev–Trinajstić information content (AvgIpc) is 2.76. The maximum absolute atomic E-state index is 12.4. The number of nitrogens with one attached hydrogen (secondary N) is 1. The molecular formula is C14H14ClN3O3S. The Morgan fingerprint density at radius 1 is 1.32 bits per heavy atom. The molecule has 0 spiro atoms. The van der Waals surface area contributed by atoms with Gasteiger partial charge in [-0.2, -0.15) is 5.10 Å². The van der Waals surface area contributed by atoms with Gasteiger partial charge in [0.1, 0.15) is 0 Å². The first kappa shape index (κ1) is 15.1. The number of sulfone groups is 1. The number of aryl methyl sites for hydroxylation is 1. The number of rotatable bonds is 2. The Balaban J connectivity index is 1.92. The van der Waals surface area contributed by atoms with E-state index >= 15 is 0 Å². The molecule has 8 heteroatoms. The third-order valence-electron chi connectivity index (χ3n) is 3.61. The molecule has 1 amide bonds. The van der Waals surface area contributed by atoms with Crippen LogP contribution in [0.3, 0.4) is 0 Å². The smallest absolute Gasteiger partial charge is 0.276 e. The van der Waals surface area contributed by atoms with Gasteiger partial charge in [-0.15, -0.1) is 0 Å².